The molecule has 1 saturated carbocycles. The molecule has 4 heterocycles. The van der Waals surface area contributed by atoms with Gasteiger partial charge < -0.3 is 16.0 Å². The minimum absolute atomic E-state index is 0. The minimum Gasteiger partial charge on any atom is -0.325 e. The Bertz CT molecular complexity index is 1130. The number of nitrogens with zero attached hydrogens (tertiary/aromatic N) is 4. The van der Waals surface area contributed by atoms with Crippen LogP contribution in [-0.4, -0.2) is 34.1 Å². The van der Waals surface area contributed by atoms with E-state index in [9.17, 15) is 0 Å². The van der Waals surface area contributed by atoms with Crippen molar-refractivity contribution in [1.29, 1.82) is 5.26 Å². The van der Waals surface area contributed by atoms with Crippen LogP contribution in [0.15, 0.2) is 48.9 Å². The Kier molecular flexibility index (Phi) is 7.50. The van der Waals surface area contributed by atoms with E-state index in [4.69, 9.17) is 10.2 Å². The van der Waals surface area contributed by atoms with Gasteiger partial charge in [-0.15, -0.1) is 12.4 Å². The third-order valence-corrected chi connectivity index (χ3v) is 6.07. The number of nitrogens with one attached hydrogen (secondary N) is 3. The molecule has 0 spiro atoms. The second kappa shape index (κ2) is 10.7. The van der Waals surface area contributed by atoms with Crippen LogP contribution in [0, 0.1) is 11.3 Å². The van der Waals surface area contributed by atoms with Gasteiger partial charge >= 0.3 is 0 Å². The molecule has 3 aromatic heterocycles. The summed E-state index contributed by atoms with van der Waals surface area (Å²) >= 11 is 0. The van der Waals surface area contributed by atoms with Gasteiger partial charge in [-0.2, -0.15) is 5.26 Å². The van der Waals surface area contributed by atoms with Crippen LogP contribution in [0.4, 0.5) is 11.6 Å². The first-order valence-corrected chi connectivity index (χ1v) is 11.3. The molecule has 33 heavy (non-hydrogen) atoms. The van der Waals surface area contributed by atoms with Crippen LogP contribution in [0.3, 0.4) is 0 Å². The first kappa shape index (κ1) is 23.1. The lowest BCUT2D eigenvalue weighted by molar-refractivity contribution is 0.386. The highest BCUT2D eigenvalue weighted by Gasteiger charge is 2.25. The van der Waals surface area contributed by atoms with E-state index in [2.05, 4.69) is 50.2 Å². The van der Waals surface area contributed by atoms with Crippen molar-refractivity contribution in [2.45, 2.75) is 44.2 Å². The van der Waals surface area contributed by atoms with Crippen molar-refractivity contribution < 1.29 is 0 Å². The number of anilines is 2. The second-order valence-corrected chi connectivity index (χ2v) is 8.60. The molecule has 0 atom stereocenters. The Morgan fingerprint density at radius 2 is 1.88 bits per heavy atom. The minimum atomic E-state index is 0. The number of pyridine rings is 3. The van der Waals surface area contributed by atoms with E-state index in [1.165, 1.54) is 18.4 Å². The number of hydrogen-bond acceptors (Lipinski definition) is 7. The molecule has 0 radical (unpaired) electrons. The summed E-state index contributed by atoms with van der Waals surface area (Å²) in [5, 5.41) is 19.5. The normalized spacial score (nSPS) is 16.0. The molecule has 0 unspecified atom stereocenters. The van der Waals surface area contributed by atoms with Gasteiger partial charge in [0.15, 0.2) is 0 Å². The highest BCUT2D eigenvalue weighted by molar-refractivity contribution is 5.85. The standard InChI is InChI=1S/C25H27N7.ClH/c26-13-17-3-8-29-24(10-17)32-25-12-20(19-1-2-19)11-23(31-25)21-9-18(14-28-16-21)15-30-22-4-6-27-7-5-22;/h3,8-12,14,16,19,22,27,30H,1-2,4-7,15H2,(H,29,31,32);1H. The van der Waals surface area contributed by atoms with Crippen molar-refractivity contribution in [2.75, 3.05) is 18.4 Å². The molecule has 3 aromatic rings. The Labute approximate surface area is 200 Å². The molecule has 2 fully saturated rings. The van der Waals surface area contributed by atoms with Gasteiger partial charge in [0.2, 0.25) is 0 Å². The van der Waals surface area contributed by atoms with E-state index in [-0.39, 0.29) is 12.4 Å². The van der Waals surface area contributed by atoms with Crippen molar-refractivity contribution in [2.24, 2.45) is 0 Å². The number of aromatic nitrogens is 3. The molecule has 1 aliphatic heterocycles. The van der Waals surface area contributed by atoms with E-state index in [1.807, 2.05) is 12.4 Å². The summed E-state index contributed by atoms with van der Waals surface area (Å²) in [6.07, 6.45) is 10.2. The summed E-state index contributed by atoms with van der Waals surface area (Å²) < 4.78 is 0. The van der Waals surface area contributed by atoms with Crippen LogP contribution in [-0.2, 0) is 6.54 Å². The smallest absolute Gasteiger partial charge is 0.132 e. The summed E-state index contributed by atoms with van der Waals surface area (Å²) in [5.74, 6) is 1.95. The third-order valence-electron chi connectivity index (χ3n) is 6.07. The Morgan fingerprint density at radius 3 is 2.67 bits per heavy atom. The topological polar surface area (TPSA) is 98.5 Å². The second-order valence-electron chi connectivity index (χ2n) is 8.60. The van der Waals surface area contributed by atoms with E-state index in [0.29, 0.717) is 23.3 Å². The zero-order valence-electron chi connectivity index (χ0n) is 18.4. The van der Waals surface area contributed by atoms with Gasteiger partial charge in [-0.3, -0.25) is 4.98 Å². The quantitative estimate of drug-likeness (QED) is 0.482. The van der Waals surface area contributed by atoms with Crippen molar-refractivity contribution in [3.05, 3.63) is 65.6 Å². The fourth-order valence-electron chi connectivity index (χ4n) is 4.13. The molecular weight excluding hydrogens is 434 g/mol. The highest BCUT2D eigenvalue weighted by Crippen LogP contribution is 2.42. The molecule has 170 valence electrons. The molecule has 0 aromatic carbocycles. The van der Waals surface area contributed by atoms with Gasteiger partial charge in [0.25, 0.3) is 0 Å². The summed E-state index contributed by atoms with van der Waals surface area (Å²) in [6.45, 7) is 2.97. The number of piperidine rings is 1. The third kappa shape index (κ3) is 6.05. The average molecular weight is 462 g/mol. The molecular formula is C25H28ClN7. The molecule has 1 aliphatic carbocycles. The molecule has 3 N–H and O–H groups in total. The maximum Gasteiger partial charge on any atom is 0.132 e. The summed E-state index contributed by atoms with van der Waals surface area (Å²) in [7, 11) is 0. The summed E-state index contributed by atoms with van der Waals surface area (Å²) in [5.41, 5.74) is 4.94. The van der Waals surface area contributed by atoms with Gasteiger partial charge in [0, 0.05) is 36.7 Å². The number of rotatable bonds is 7. The lowest BCUT2D eigenvalue weighted by Crippen LogP contribution is -2.39. The molecule has 2 aliphatic rings. The van der Waals surface area contributed by atoms with Gasteiger partial charge in [-0.25, -0.2) is 9.97 Å². The lowest BCUT2D eigenvalue weighted by Gasteiger charge is -2.23. The van der Waals surface area contributed by atoms with Crippen molar-refractivity contribution in [3.63, 3.8) is 0 Å². The van der Waals surface area contributed by atoms with E-state index >= 15 is 0 Å². The SMILES string of the molecule is Cl.N#Cc1ccnc(Nc2cc(C3CC3)cc(-c3cncc(CNC4CCNCC4)c3)n2)c1. The number of nitriles is 1. The largest absolute Gasteiger partial charge is 0.325 e. The summed E-state index contributed by atoms with van der Waals surface area (Å²) in [4.78, 5) is 13.7. The zero-order valence-corrected chi connectivity index (χ0v) is 19.2. The van der Waals surface area contributed by atoms with Crippen molar-refractivity contribution in [3.8, 4) is 17.3 Å². The molecule has 0 amide bonds. The molecule has 1 saturated heterocycles. The maximum absolute atomic E-state index is 9.16. The van der Waals surface area contributed by atoms with Gasteiger partial charge in [0.05, 0.1) is 17.3 Å². The predicted molar refractivity (Wildman–Crippen MR) is 132 cm³/mol. The van der Waals surface area contributed by atoms with Crippen molar-refractivity contribution >= 4 is 24.0 Å². The van der Waals surface area contributed by atoms with Crippen LogP contribution in [0.25, 0.3) is 11.3 Å². The van der Waals surface area contributed by atoms with Gasteiger partial charge in [0.1, 0.15) is 11.6 Å². The first-order valence-electron chi connectivity index (χ1n) is 11.3. The van der Waals surface area contributed by atoms with Gasteiger partial charge in [-0.1, -0.05) is 0 Å². The average Bonchev–Trinajstić information content (AvgIpc) is 3.69. The van der Waals surface area contributed by atoms with Crippen LogP contribution in [0.1, 0.15) is 48.3 Å². The first-order chi connectivity index (χ1) is 15.8. The molecule has 8 heteroatoms. The fraction of sp³-hybridized carbons (Fsp3) is 0.360. The zero-order chi connectivity index (χ0) is 21.8. The number of halogens is 1. The van der Waals surface area contributed by atoms with E-state index < -0.39 is 0 Å². The van der Waals surface area contributed by atoms with E-state index in [0.717, 1.165) is 55.1 Å². The molecule has 7 nitrogen and oxygen atoms in total. The van der Waals surface area contributed by atoms with Crippen molar-refractivity contribution in [1.82, 2.24) is 25.6 Å². The van der Waals surface area contributed by atoms with E-state index in [1.54, 1.807) is 18.3 Å². The highest BCUT2D eigenvalue weighted by atomic mass is 35.5. The Balaban J connectivity index is 0.00000259. The predicted octanol–water partition coefficient (Wildman–Crippen LogP) is 4.29. The summed E-state index contributed by atoms with van der Waals surface area (Å²) in [6, 6.07) is 12.6. The van der Waals surface area contributed by atoms with Crippen LogP contribution < -0.4 is 16.0 Å². The number of hydrogen-bond donors (Lipinski definition) is 3. The van der Waals surface area contributed by atoms with Crippen LogP contribution >= 0.6 is 12.4 Å². The van der Waals surface area contributed by atoms with Crippen LogP contribution in [0.5, 0.6) is 0 Å². The monoisotopic (exact) mass is 461 g/mol. The van der Waals surface area contributed by atoms with Crippen LogP contribution in [0.2, 0.25) is 0 Å². The molecule has 0 bridgehead atoms. The molecule has 5 rings (SSSR count). The lowest BCUT2D eigenvalue weighted by atomic mass is 10.0. The maximum atomic E-state index is 9.16. The fourth-order valence-corrected chi connectivity index (χ4v) is 4.13. The Hall–Kier alpha value is -3.05. The Morgan fingerprint density at radius 1 is 1.03 bits per heavy atom. The van der Waals surface area contributed by atoms with Gasteiger partial charge in [-0.05, 0) is 86.1 Å².